The van der Waals surface area contributed by atoms with Crippen molar-refractivity contribution in [2.75, 3.05) is 19.0 Å². The molecule has 0 unspecified atom stereocenters. The molecule has 26 heavy (non-hydrogen) atoms. The Morgan fingerprint density at radius 2 is 1.96 bits per heavy atom. The Hall–Kier alpha value is -2.73. The lowest BCUT2D eigenvalue weighted by Crippen LogP contribution is -2.49. The van der Waals surface area contributed by atoms with Crippen LogP contribution in [0.4, 0.5) is 10.1 Å². The molecule has 1 amide bonds. The van der Waals surface area contributed by atoms with Crippen LogP contribution in [0.5, 0.6) is 0 Å². The van der Waals surface area contributed by atoms with E-state index in [1.54, 1.807) is 24.0 Å². The molecule has 0 aromatic heterocycles. The summed E-state index contributed by atoms with van der Waals surface area (Å²) in [5.41, 5.74) is 3.08. The molecule has 2 aromatic rings. The number of rotatable bonds is 4. The summed E-state index contributed by atoms with van der Waals surface area (Å²) in [6.07, 6.45) is 0.495. The zero-order valence-corrected chi connectivity index (χ0v) is 14.8. The first-order valence-corrected chi connectivity index (χ1v) is 8.42. The van der Waals surface area contributed by atoms with Crippen molar-refractivity contribution in [3.63, 3.8) is 0 Å². The summed E-state index contributed by atoms with van der Waals surface area (Å²) in [4.78, 5) is 26.4. The van der Waals surface area contributed by atoms with Gasteiger partial charge in [0.2, 0.25) is 5.91 Å². The van der Waals surface area contributed by atoms with Gasteiger partial charge in [0.1, 0.15) is 11.9 Å². The van der Waals surface area contributed by atoms with E-state index in [9.17, 15) is 14.0 Å². The molecule has 0 radical (unpaired) electrons. The molecule has 0 saturated heterocycles. The smallest absolute Gasteiger partial charge is 0.323 e. The van der Waals surface area contributed by atoms with Crippen LogP contribution in [0.2, 0.25) is 0 Å². The third kappa shape index (κ3) is 3.91. The highest BCUT2D eigenvalue weighted by Crippen LogP contribution is 2.24. The lowest BCUT2D eigenvalue weighted by atomic mass is 9.94. The van der Waals surface area contributed by atoms with Crippen molar-refractivity contribution in [1.29, 1.82) is 0 Å². The van der Waals surface area contributed by atoms with Crippen molar-refractivity contribution in [3.05, 3.63) is 65.0 Å². The second kappa shape index (κ2) is 7.66. The van der Waals surface area contributed by atoms with Crippen LogP contribution in [-0.2, 0) is 27.3 Å². The van der Waals surface area contributed by atoms with Gasteiger partial charge in [0, 0.05) is 12.2 Å². The third-order valence-electron chi connectivity index (χ3n) is 4.62. The average Bonchev–Trinajstić information content (AvgIpc) is 2.63. The Morgan fingerprint density at radius 1 is 1.23 bits per heavy atom. The molecule has 3 rings (SSSR count). The molecule has 1 N–H and O–H groups in total. The van der Waals surface area contributed by atoms with Gasteiger partial charge in [-0.1, -0.05) is 30.3 Å². The fourth-order valence-electron chi connectivity index (χ4n) is 3.17. The van der Waals surface area contributed by atoms with Gasteiger partial charge in [-0.15, -0.1) is 0 Å². The maximum atomic E-state index is 13.6. The van der Waals surface area contributed by atoms with Crippen molar-refractivity contribution in [1.82, 2.24) is 4.90 Å². The second-order valence-corrected chi connectivity index (χ2v) is 6.43. The minimum absolute atomic E-state index is 0.0175. The Morgan fingerprint density at radius 3 is 2.65 bits per heavy atom. The highest BCUT2D eigenvalue weighted by atomic mass is 19.1. The van der Waals surface area contributed by atoms with Crippen LogP contribution < -0.4 is 5.32 Å². The van der Waals surface area contributed by atoms with Crippen LogP contribution in [-0.4, -0.2) is 36.5 Å². The molecule has 1 atom stereocenters. The van der Waals surface area contributed by atoms with Crippen molar-refractivity contribution in [2.45, 2.75) is 25.9 Å². The maximum Gasteiger partial charge on any atom is 0.323 e. The standard InChI is InChI=1S/C20H21FN2O3/c1-13-7-8-16(10-17(13)21)22-19(24)12-23-11-15-6-4-3-5-14(15)9-18(23)20(25)26-2/h3-8,10,18H,9,11-12H2,1-2H3,(H,22,24)/t18-/m1/s1. The predicted molar refractivity (Wildman–Crippen MR) is 96.1 cm³/mol. The van der Waals surface area contributed by atoms with Crippen LogP contribution in [0, 0.1) is 12.7 Å². The van der Waals surface area contributed by atoms with Gasteiger partial charge in [-0.2, -0.15) is 0 Å². The first-order valence-electron chi connectivity index (χ1n) is 8.42. The molecule has 6 heteroatoms. The number of carbonyl (C=O) groups is 2. The fourth-order valence-corrected chi connectivity index (χ4v) is 3.17. The molecule has 2 aromatic carbocycles. The normalized spacial score (nSPS) is 16.7. The summed E-state index contributed by atoms with van der Waals surface area (Å²) in [6, 6.07) is 11.9. The lowest BCUT2D eigenvalue weighted by molar-refractivity contribution is -0.148. The summed E-state index contributed by atoms with van der Waals surface area (Å²) in [5, 5.41) is 2.69. The lowest BCUT2D eigenvalue weighted by Gasteiger charge is -2.34. The number of fused-ring (bicyclic) bond motifs is 1. The van der Waals surface area contributed by atoms with Crippen molar-refractivity contribution >= 4 is 17.6 Å². The highest BCUT2D eigenvalue weighted by Gasteiger charge is 2.33. The third-order valence-corrected chi connectivity index (χ3v) is 4.62. The summed E-state index contributed by atoms with van der Waals surface area (Å²) < 4.78 is 18.5. The summed E-state index contributed by atoms with van der Waals surface area (Å²) in [6.45, 7) is 2.16. The topological polar surface area (TPSA) is 58.6 Å². The van der Waals surface area contributed by atoms with E-state index < -0.39 is 6.04 Å². The number of benzene rings is 2. The molecule has 5 nitrogen and oxygen atoms in total. The van der Waals surface area contributed by atoms with Gasteiger partial charge in [0.05, 0.1) is 13.7 Å². The largest absolute Gasteiger partial charge is 0.468 e. The summed E-state index contributed by atoms with van der Waals surface area (Å²) in [7, 11) is 1.34. The van der Waals surface area contributed by atoms with E-state index in [1.807, 2.05) is 24.3 Å². The number of carbonyl (C=O) groups excluding carboxylic acids is 2. The fraction of sp³-hybridized carbons (Fsp3) is 0.300. The highest BCUT2D eigenvalue weighted by molar-refractivity contribution is 5.92. The van der Waals surface area contributed by atoms with Crippen LogP contribution >= 0.6 is 0 Å². The summed E-state index contributed by atoms with van der Waals surface area (Å²) >= 11 is 0. The quantitative estimate of drug-likeness (QED) is 0.856. The minimum Gasteiger partial charge on any atom is -0.468 e. The van der Waals surface area contributed by atoms with Crippen LogP contribution in [0.3, 0.4) is 0 Å². The van der Waals surface area contributed by atoms with E-state index in [4.69, 9.17) is 4.74 Å². The van der Waals surface area contributed by atoms with Crippen molar-refractivity contribution in [2.24, 2.45) is 0 Å². The van der Waals surface area contributed by atoms with E-state index in [0.717, 1.165) is 11.1 Å². The van der Waals surface area contributed by atoms with Gasteiger partial charge >= 0.3 is 5.97 Å². The number of amides is 1. The van der Waals surface area contributed by atoms with Gasteiger partial charge in [-0.05, 0) is 42.2 Å². The minimum atomic E-state index is -0.518. The molecule has 136 valence electrons. The SMILES string of the molecule is COC(=O)[C@H]1Cc2ccccc2CN1CC(=O)Nc1ccc(C)c(F)c1. The molecule has 0 aliphatic carbocycles. The van der Waals surface area contributed by atoms with Crippen LogP contribution in [0.1, 0.15) is 16.7 Å². The summed E-state index contributed by atoms with van der Waals surface area (Å²) in [5.74, 6) is -1.04. The average molecular weight is 356 g/mol. The molecule has 0 saturated carbocycles. The maximum absolute atomic E-state index is 13.6. The number of nitrogens with one attached hydrogen (secondary N) is 1. The van der Waals surface area contributed by atoms with Crippen molar-refractivity contribution in [3.8, 4) is 0 Å². The number of aryl methyl sites for hydroxylation is 1. The van der Waals surface area contributed by atoms with E-state index in [-0.39, 0.29) is 24.2 Å². The van der Waals surface area contributed by atoms with Crippen molar-refractivity contribution < 1.29 is 18.7 Å². The molecule has 1 heterocycles. The Kier molecular flexibility index (Phi) is 5.32. The number of methoxy groups -OCH3 is 1. The predicted octanol–water partition coefficient (Wildman–Crippen LogP) is 2.67. The number of esters is 1. The molecule has 1 aliphatic heterocycles. The number of nitrogens with zero attached hydrogens (tertiary/aromatic N) is 1. The van der Waals surface area contributed by atoms with Gasteiger partial charge in [0.25, 0.3) is 0 Å². The molecule has 0 bridgehead atoms. The van der Waals surface area contributed by atoms with Gasteiger partial charge < -0.3 is 10.1 Å². The molecular weight excluding hydrogens is 335 g/mol. The zero-order chi connectivity index (χ0) is 18.7. The monoisotopic (exact) mass is 356 g/mol. The number of hydrogen-bond donors (Lipinski definition) is 1. The molecule has 0 spiro atoms. The van der Waals surface area contributed by atoms with E-state index >= 15 is 0 Å². The second-order valence-electron chi connectivity index (χ2n) is 6.43. The van der Waals surface area contributed by atoms with Gasteiger partial charge in [-0.25, -0.2) is 4.39 Å². The first kappa shape index (κ1) is 18.1. The number of anilines is 1. The number of ether oxygens (including phenoxy) is 1. The Bertz CT molecular complexity index is 838. The van der Waals surface area contributed by atoms with Crippen LogP contribution in [0.25, 0.3) is 0 Å². The van der Waals surface area contributed by atoms with E-state index in [1.165, 1.54) is 13.2 Å². The Labute approximate surface area is 151 Å². The molecule has 1 aliphatic rings. The zero-order valence-electron chi connectivity index (χ0n) is 14.8. The van der Waals surface area contributed by atoms with Gasteiger partial charge in [0.15, 0.2) is 0 Å². The molecular formula is C20H21FN2O3. The number of halogens is 1. The van der Waals surface area contributed by atoms with Crippen LogP contribution in [0.15, 0.2) is 42.5 Å². The molecule has 0 fully saturated rings. The number of hydrogen-bond acceptors (Lipinski definition) is 4. The van der Waals surface area contributed by atoms with E-state index in [0.29, 0.717) is 24.2 Å². The Balaban J connectivity index is 1.74. The van der Waals surface area contributed by atoms with Gasteiger partial charge in [-0.3, -0.25) is 14.5 Å². The van der Waals surface area contributed by atoms with E-state index in [2.05, 4.69) is 5.32 Å². The first-order chi connectivity index (χ1) is 12.5.